The number of hydrazine groups is 1. The van der Waals surface area contributed by atoms with E-state index in [0.29, 0.717) is 11.3 Å². The van der Waals surface area contributed by atoms with E-state index in [2.05, 4.69) is 42.7 Å². The van der Waals surface area contributed by atoms with E-state index >= 15 is 0 Å². The van der Waals surface area contributed by atoms with Gasteiger partial charge in [-0.3, -0.25) is 25.8 Å². The van der Waals surface area contributed by atoms with Crippen molar-refractivity contribution >= 4 is 23.1 Å². The first-order valence-corrected chi connectivity index (χ1v) is 7.39. The summed E-state index contributed by atoms with van der Waals surface area (Å²) in [4.78, 5) is 22.6. The van der Waals surface area contributed by atoms with E-state index in [9.17, 15) is 14.9 Å². The van der Waals surface area contributed by atoms with Crippen LogP contribution in [0.15, 0.2) is 35.5 Å². The number of nitrogens with zero attached hydrogens (tertiary/aromatic N) is 6. The van der Waals surface area contributed by atoms with Crippen LogP contribution in [-0.4, -0.2) is 36.1 Å². The first-order valence-electron chi connectivity index (χ1n) is 7.39. The molecule has 0 aliphatic heterocycles. The topological polar surface area (TPSA) is 180 Å². The van der Waals surface area contributed by atoms with E-state index in [0.717, 1.165) is 0 Å². The van der Waals surface area contributed by atoms with Gasteiger partial charge in [-0.25, -0.2) is 4.63 Å². The molecular formula is C14H13N9O4. The number of hydrogen-bond acceptors (Lipinski definition) is 10. The minimum Gasteiger partial charge on any atom is -0.378 e. The molecule has 2 heterocycles. The number of rotatable bonds is 6. The number of nitrogen functional groups attached to an aromatic ring is 1. The Balaban J connectivity index is 1.71. The van der Waals surface area contributed by atoms with Crippen molar-refractivity contribution in [1.82, 2.24) is 36.2 Å². The predicted molar refractivity (Wildman–Crippen MR) is 91.1 cm³/mol. The standard InChI is InChI=1S/C14H13N9O4/c1-7(9-4-3-5-10(6-9)23(25)26)16-18-14(24)11-8(2)22(21-17-11)13-12(15)19-27-20-13/h3-6,16H,1H2,2H3,(H2,15,19)(H,18,24). The highest BCUT2D eigenvalue weighted by atomic mass is 16.6. The third-order valence-electron chi connectivity index (χ3n) is 3.54. The first-order chi connectivity index (χ1) is 12.9. The van der Waals surface area contributed by atoms with Gasteiger partial charge in [-0.05, 0) is 17.2 Å². The van der Waals surface area contributed by atoms with E-state index in [1.807, 2.05) is 0 Å². The van der Waals surface area contributed by atoms with Crippen LogP contribution in [0.5, 0.6) is 0 Å². The molecule has 4 N–H and O–H groups in total. The number of non-ortho nitro benzene ring substituents is 1. The van der Waals surface area contributed by atoms with Gasteiger partial charge in [0.25, 0.3) is 11.6 Å². The Hall–Kier alpha value is -4.29. The van der Waals surface area contributed by atoms with Crippen molar-refractivity contribution in [3.63, 3.8) is 0 Å². The summed E-state index contributed by atoms with van der Waals surface area (Å²) in [5.41, 5.74) is 11.5. The smallest absolute Gasteiger partial charge is 0.292 e. The number of nitro benzene ring substituents is 1. The molecule has 3 aromatic rings. The summed E-state index contributed by atoms with van der Waals surface area (Å²) in [5.74, 6) is -0.513. The Morgan fingerprint density at radius 2 is 2.15 bits per heavy atom. The van der Waals surface area contributed by atoms with Crippen molar-refractivity contribution in [2.45, 2.75) is 6.92 Å². The maximum Gasteiger partial charge on any atom is 0.292 e. The lowest BCUT2D eigenvalue weighted by Gasteiger charge is -2.10. The molecule has 13 heteroatoms. The number of aromatic nitrogens is 5. The zero-order chi connectivity index (χ0) is 19.6. The van der Waals surface area contributed by atoms with Crippen molar-refractivity contribution in [3.8, 4) is 5.82 Å². The van der Waals surface area contributed by atoms with Crippen LogP contribution < -0.4 is 16.6 Å². The number of nitro groups is 1. The summed E-state index contributed by atoms with van der Waals surface area (Å²) in [5, 5.41) is 25.4. The van der Waals surface area contributed by atoms with Crippen LogP contribution in [0.1, 0.15) is 21.7 Å². The van der Waals surface area contributed by atoms with Gasteiger partial charge in [0.2, 0.25) is 11.6 Å². The van der Waals surface area contributed by atoms with Gasteiger partial charge in [0, 0.05) is 17.7 Å². The minimum absolute atomic E-state index is 0.00302. The van der Waals surface area contributed by atoms with Gasteiger partial charge >= 0.3 is 0 Å². The second-order valence-electron chi connectivity index (χ2n) is 5.27. The SMILES string of the molecule is C=C(NNC(=O)c1nnn(-c2nonc2N)c1C)c1cccc([N+](=O)[O-])c1. The van der Waals surface area contributed by atoms with E-state index in [4.69, 9.17) is 5.73 Å². The highest BCUT2D eigenvalue weighted by Crippen LogP contribution is 2.17. The summed E-state index contributed by atoms with van der Waals surface area (Å²) in [6, 6.07) is 5.79. The maximum absolute atomic E-state index is 12.3. The molecule has 0 saturated heterocycles. The monoisotopic (exact) mass is 371 g/mol. The molecule has 0 bridgehead atoms. The molecule has 0 fully saturated rings. The van der Waals surface area contributed by atoms with Crippen LogP contribution in [0.2, 0.25) is 0 Å². The third kappa shape index (κ3) is 3.41. The molecule has 0 saturated carbocycles. The number of hydrogen-bond donors (Lipinski definition) is 3. The number of nitrogens with two attached hydrogens (primary N) is 1. The number of nitrogens with one attached hydrogen (secondary N) is 2. The normalized spacial score (nSPS) is 10.4. The lowest BCUT2D eigenvalue weighted by atomic mass is 10.1. The number of carbonyl (C=O) groups excluding carboxylic acids is 1. The van der Waals surface area contributed by atoms with Crippen molar-refractivity contribution in [2.24, 2.45) is 0 Å². The molecule has 27 heavy (non-hydrogen) atoms. The van der Waals surface area contributed by atoms with Gasteiger partial charge in [0.05, 0.1) is 16.3 Å². The Labute approximate surface area is 150 Å². The molecule has 0 spiro atoms. The molecule has 0 aliphatic rings. The Morgan fingerprint density at radius 3 is 2.81 bits per heavy atom. The van der Waals surface area contributed by atoms with Gasteiger partial charge in [0.1, 0.15) is 0 Å². The Morgan fingerprint density at radius 1 is 1.37 bits per heavy atom. The van der Waals surface area contributed by atoms with Crippen LogP contribution in [0.3, 0.4) is 0 Å². The van der Waals surface area contributed by atoms with Gasteiger partial charge in [-0.1, -0.05) is 23.9 Å². The highest BCUT2D eigenvalue weighted by Gasteiger charge is 2.21. The molecule has 3 rings (SSSR count). The molecule has 138 valence electrons. The zero-order valence-electron chi connectivity index (χ0n) is 13.9. The molecule has 2 aromatic heterocycles. The van der Waals surface area contributed by atoms with Gasteiger partial charge < -0.3 is 5.73 Å². The molecule has 13 nitrogen and oxygen atoms in total. The fourth-order valence-corrected chi connectivity index (χ4v) is 2.15. The summed E-state index contributed by atoms with van der Waals surface area (Å²) in [6.07, 6.45) is 0. The van der Waals surface area contributed by atoms with Crippen LogP contribution in [0, 0.1) is 17.0 Å². The minimum atomic E-state index is -0.611. The number of benzene rings is 1. The summed E-state index contributed by atoms with van der Waals surface area (Å²) >= 11 is 0. The van der Waals surface area contributed by atoms with Crippen molar-refractivity contribution in [3.05, 3.63) is 57.9 Å². The fraction of sp³-hybridized carbons (Fsp3) is 0.0714. The van der Waals surface area contributed by atoms with Crippen molar-refractivity contribution in [2.75, 3.05) is 5.73 Å². The van der Waals surface area contributed by atoms with Crippen LogP contribution in [0.25, 0.3) is 11.5 Å². The quantitative estimate of drug-likeness (QED) is 0.404. The molecule has 0 unspecified atom stereocenters. The molecule has 1 aromatic carbocycles. The second-order valence-corrected chi connectivity index (χ2v) is 5.27. The third-order valence-corrected chi connectivity index (χ3v) is 3.54. The summed E-state index contributed by atoms with van der Waals surface area (Å²) in [7, 11) is 0. The van der Waals surface area contributed by atoms with Crippen molar-refractivity contribution < 1.29 is 14.3 Å². The summed E-state index contributed by atoms with van der Waals surface area (Å²) < 4.78 is 5.70. The molecular weight excluding hydrogens is 358 g/mol. The van der Waals surface area contributed by atoms with Crippen LogP contribution >= 0.6 is 0 Å². The largest absolute Gasteiger partial charge is 0.378 e. The molecule has 0 aliphatic carbocycles. The highest BCUT2D eigenvalue weighted by molar-refractivity contribution is 5.93. The summed E-state index contributed by atoms with van der Waals surface area (Å²) in [6.45, 7) is 5.32. The zero-order valence-corrected chi connectivity index (χ0v) is 13.9. The van der Waals surface area contributed by atoms with E-state index in [1.165, 1.54) is 22.9 Å². The Kier molecular flexibility index (Phi) is 4.49. The lowest BCUT2D eigenvalue weighted by Crippen LogP contribution is -2.36. The van der Waals surface area contributed by atoms with Gasteiger partial charge in [0.15, 0.2) is 5.69 Å². The first kappa shape index (κ1) is 17.5. The maximum atomic E-state index is 12.3. The van der Waals surface area contributed by atoms with Gasteiger partial charge in [-0.15, -0.1) is 5.10 Å². The Bertz CT molecular complexity index is 1040. The van der Waals surface area contributed by atoms with Crippen LogP contribution in [0.4, 0.5) is 11.5 Å². The van der Waals surface area contributed by atoms with E-state index in [-0.39, 0.29) is 28.7 Å². The van der Waals surface area contributed by atoms with Gasteiger partial charge in [-0.2, -0.15) is 4.68 Å². The second kappa shape index (κ2) is 6.91. The number of anilines is 1. The lowest BCUT2D eigenvalue weighted by molar-refractivity contribution is -0.384. The fourth-order valence-electron chi connectivity index (χ4n) is 2.15. The molecule has 0 atom stereocenters. The number of carbonyl (C=O) groups is 1. The average Bonchev–Trinajstić information content (AvgIpc) is 3.24. The van der Waals surface area contributed by atoms with Crippen molar-refractivity contribution in [1.29, 1.82) is 0 Å². The molecule has 0 radical (unpaired) electrons. The predicted octanol–water partition coefficient (Wildman–Crippen LogP) is 0.354. The van der Waals surface area contributed by atoms with Crippen LogP contribution in [-0.2, 0) is 0 Å². The molecule has 1 amide bonds. The average molecular weight is 371 g/mol. The number of amides is 1. The van der Waals surface area contributed by atoms with E-state index < -0.39 is 10.8 Å². The van der Waals surface area contributed by atoms with E-state index in [1.54, 1.807) is 13.0 Å².